The van der Waals surface area contributed by atoms with Crippen molar-refractivity contribution in [1.29, 1.82) is 0 Å². The number of phosphoric acid groups is 1. The average Bonchev–Trinajstić information content (AvgIpc) is 1.86. The fourth-order valence-corrected chi connectivity index (χ4v) is 2.03. The molecule has 2 atom stereocenters. The zero-order chi connectivity index (χ0) is 8.32. The monoisotopic (exact) mass is 181 g/mol. The zero-order valence-corrected chi connectivity index (χ0v) is 7.25. The van der Waals surface area contributed by atoms with Gasteiger partial charge in [0.25, 0.3) is 0 Å². The highest BCUT2D eigenvalue weighted by Gasteiger charge is 2.32. The molecule has 0 radical (unpaired) electrons. The minimum Gasteiger partial charge on any atom is -0.306 e. The van der Waals surface area contributed by atoms with Crippen molar-refractivity contribution in [2.24, 2.45) is 5.73 Å². The lowest BCUT2D eigenvalue weighted by Gasteiger charge is -2.25. The van der Waals surface area contributed by atoms with Crippen LogP contribution in [0.1, 0.15) is 13.3 Å². The van der Waals surface area contributed by atoms with Gasteiger partial charge in [-0.15, -0.1) is 0 Å². The molecule has 0 aromatic heterocycles. The zero-order valence-electron chi connectivity index (χ0n) is 6.36. The van der Waals surface area contributed by atoms with E-state index in [2.05, 4.69) is 0 Å². The summed E-state index contributed by atoms with van der Waals surface area (Å²) in [7, 11) is -3.29. The van der Waals surface area contributed by atoms with Crippen LogP contribution in [0.5, 0.6) is 0 Å². The van der Waals surface area contributed by atoms with Crippen molar-refractivity contribution in [2.75, 3.05) is 13.2 Å². The molecule has 0 spiro atoms. The van der Waals surface area contributed by atoms with Crippen molar-refractivity contribution in [3.8, 4) is 0 Å². The first-order chi connectivity index (χ1) is 5.16. The van der Waals surface area contributed by atoms with Crippen LogP contribution in [-0.2, 0) is 18.1 Å². The first-order valence-corrected chi connectivity index (χ1v) is 4.95. The Kier molecular flexibility index (Phi) is 3.04. The molecule has 2 unspecified atom stereocenters. The fraction of sp³-hybridized carbons (Fsp3) is 1.00. The van der Waals surface area contributed by atoms with Crippen LogP contribution in [0, 0.1) is 0 Å². The van der Waals surface area contributed by atoms with Gasteiger partial charge in [0.15, 0.2) is 0 Å². The summed E-state index contributed by atoms with van der Waals surface area (Å²) < 4.78 is 25.7. The quantitative estimate of drug-likeness (QED) is 0.639. The molecule has 5 nitrogen and oxygen atoms in total. The third kappa shape index (κ3) is 2.54. The average molecular weight is 181 g/mol. The minimum absolute atomic E-state index is 0.296. The summed E-state index contributed by atoms with van der Waals surface area (Å²) in [5.41, 5.74) is 5.39. The lowest BCUT2D eigenvalue weighted by atomic mass is 10.4. The predicted molar refractivity (Wildman–Crippen MR) is 38.9 cm³/mol. The maximum Gasteiger partial charge on any atom is 0.476 e. The van der Waals surface area contributed by atoms with E-state index in [1.54, 1.807) is 6.92 Å². The van der Waals surface area contributed by atoms with E-state index in [0.29, 0.717) is 19.6 Å². The van der Waals surface area contributed by atoms with Crippen molar-refractivity contribution in [1.82, 2.24) is 0 Å². The van der Waals surface area contributed by atoms with E-state index in [1.807, 2.05) is 0 Å². The number of nitrogens with two attached hydrogens (primary N) is 1. The lowest BCUT2D eigenvalue weighted by molar-refractivity contribution is 0.0341. The summed E-state index contributed by atoms with van der Waals surface area (Å²) >= 11 is 0. The van der Waals surface area contributed by atoms with Crippen LogP contribution in [0.2, 0.25) is 0 Å². The summed E-state index contributed by atoms with van der Waals surface area (Å²) in [6.45, 7) is 2.34. The van der Waals surface area contributed by atoms with Gasteiger partial charge in [0.05, 0.1) is 13.2 Å². The minimum atomic E-state index is -3.29. The Morgan fingerprint density at radius 1 is 1.82 bits per heavy atom. The van der Waals surface area contributed by atoms with Crippen molar-refractivity contribution in [3.05, 3.63) is 0 Å². The van der Waals surface area contributed by atoms with Crippen LogP contribution in [0.25, 0.3) is 0 Å². The molecule has 1 heterocycles. The fourth-order valence-electron chi connectivity index (χ4n) is 0.755. The standard InChI is InChI=1S/C5H12NO4P/c1-2-8-11(7)9-4-3-5(6)10-11/h5H,2-4,6H2,1H3. The second-order valence-corrected chi connectivity index (χ2v) is 3.75. The van der Waals surface area contributed by atoms with E-state index < -0.39 is 14.1 Å². The molecule has 0 saturated carbocycles. The molecule has 0 aromatic rings. The van der Waals surface area contributed by atoms with Gasteiger partial charge in [-0.1, -0.05) is 0 Å². The summed E-state index contributed by atoms with van der Waals surface area (Å²) in [6, 6.07) is 0. The molecule has 0 aliphatic carbocycles. The second-order valence-electron chi connectivity index (χ2n) is 2.13. The topological polar surface area (TPSA) is 70.8 Å². The van der Waals surface area contributed by atoms with E-state index in [-0.39, 0.29) is 0 Å². The summed E-state index contributed by atoms with van der Waals surface area (Å²) in [6.07, 6.45) is 0.0259. The largest absolute Gasteiger partial charge is 0.476 e. The van der Waals surface area contributed by atoms with Gasteiger partial charge < -0.3 is 5.73 Å². The number of phosphoric ester groups is 1. The van der Waals surface area contributed by atoms with E-state index >= 15 is 0 Å². The molecular weight excluding hydrogens is 169 g/mol. The molecule has 0 aromatic carbocycles. The van der Waals surface area contributed by atoms with E-state index in [9.17, 15) is 4.57 Å². The third-order valence-corrected chi connectivity index (χ3v) is 2.81. The van der Waals surface area contributed by atoms with Gasteiger partial charge in [-0.3, -0.25) is 13.6 Å². The van der Waals surface area contributed by atoms with Crippen molar-refractivity contribution >= 4 is 7.82 Å². The normalized spacial score (nSPS) is 38.9. The predicted octanol–water partition coefficient (Wildman–Crippen LogP) is 0.853. The van der Waals surface area contributed by atoms with Crippen LogP contribution in [0.4, 0.5) is 0 Å². The van der Waals surface area contributed by atoms with Crippen molar-refractivity contribution < 1.29 is 18.1 Å². The van der Waals surface area contributed by atoms with Crippen LogP contribution >= 0.6 is 7.82 Å². The maximum atomic E-state index is 11.3. The summed E-state index contributed by atoms with van der Waals surface area (Å²) in [4.78, 5) is 0. The maximum absolute atomic E-state index is 11.3. The van der Waals surface area contributed by atoms with Gasteiger partial charge >= 0.3 is 7.82 Å². The number of rotatable bonds is 2. The van der Waals surface area contributed by atoms with Crippen LogP contribution in [-0.4, -0.2) is 19.4 Å². The first kappa shape index (κ1) is 9.16. The van der Waals surface area contributed by atoms with Crippen molar-refractivity contribution in [2.45, 2.75) is 19.6 Å². The first-order valence-electron chi connectivity index (χ1n) is 3.49. The highest BCUT2D eigenvalue weighted by Crippen LogP contribution is 2.52. The number of hydrogen-bond acceptors (Lipinski definition) is 5. The van der Waals surface area contributed by atoms with Gasteiger partial charge in [0.1, 0.15) is 6.23 Å². The van der Waals surface area contributed by atoms with E-state index in [0.717, 1.165) is 0 Å². The van der Waals surface area contributed by atoms with Crippen LogP contribution < -0.4 is 5.73 Å². The van der Waals surface area contributed by atoms with Gasteiger partial charge in [0, 0.05) is 6.42 Å². The van der Waals surface area contributed by atoms with Crippen molar-refractivity contribution in [3.63, 3.8) is 0 Å². The van der Waals surface area contributed by atoms with Gasteiger partial charge in [-0.2, -0.15) is 0 Å². The molecule has 66 valence electrons. The Labute approximate surface area is 65.4 Å². The molecule has 1 aliphatic heterocycles. The lowest BCUT2D eigenvalue weighted by Crippen LogP contribution is -2.29. The molecule has 2 N–H and O–H groups in total. The molecule has 1 fully saturated rings. The molecule has 1 aliphatic rings. The molecule has 0 amide bonds. The highest BCUT2D eigenvalue weighted by atomic mass is 31.2. The van der Waals surface area contributed by atoms with Crippen LogP contribution in [0.15, 0.2) is 0 Å². The SMILES string of the molecule is CCOP1(=O)OCCC(N)O1. The van der Waals surface area contributed by atoms with E-state index in [1.165, 1.54) is 0 Å². The summed E-state index contributed by atoms with van der Waals surface area (Å²) in [5, 5.41) is 0. The molecule has 11 heavy (non-hydrogen) atoms. The Balaban J connectivity index is 2.49. The number of hydrogen-bond donors (Lipinski definition) is 1. The Bertz CT molecular complexity index is 168. The Morgan fingerprint density at radius 3 is 3.09 bits per heavy atom. The third-order valence-electron chi connectivity index (χ3n) is 1.20. The molecule has 1 saturated heterocycles. The molecule has 0 bridgehead atoms. The summed E-state index contributed by atoms with van der Waals surface area (Å²) in [5.74, 6) is 0. The van der Waals surface area contributed by atoms with E-state index in [4.69, 9.17) is 19.3 Å². The van der Waals surface area contributed by atoms with Gasteiger partial charge in [-0.25, -0.2) is 4.57 Å². The Morgan fingerprint density at radius 2 is 2.55 bits per heavy atom. The molecule has 1 rings (SSSR count). The highest BCUT2D eigenvalue weighted by molar-refractivity contribution is 7.48. The van der Waals surface area contributed by atoms with Gasteiger partial charge in [-0.05, 0) is 6.92 Å². The molecular formula is C5H12NO4P. The van der Waals surface area contributed by atoms with Crippen LogP contribution in [0.3, 0.4) is 0 Å². The van der Waals surface area contributed by atoms with Gasteiger partial charge in [0.2, 0.25) is 0 Å². The smallest absolute Gasteiger partial charge is 0.306 e. The second kappa shape index (κ2) is 3.65. The Hall–Kier alpha value is 0.0700. The molecule has 6 heteroatoms.